The van der Waals surface area contributed by atoms with Crippen LogP contribution in [0.1, 0.15) is 33.6 Å². The maximum atomic E-state index is 12.1. The zero-order valence-corrected chi connectivity index (χ0v) is 14.4. The first-order valence-electron chi connectivity index (χ1n) is 7.41. The molecule has 128 valence electrons. The Bertz CT molecular complexity index is 641. The third-order valence-corrected chi connectivity index (χ3v) is 4.63. The van der Waals surface area contributed by atoms with Gasteiger partial charge in [0.25, 0.3) is 0 Å². The Morgan fingerprint density at radius 2 is 1.78 bits per heavy atom. The molecule has 0 saturated carbocycles. The number of sulfonamides is 1. The van der Waals surface area contributed by atoms with Crippen LogP contribution in [0.15, 0.2) is 29.2 Å². The van der Waals surface area contributed by atoms with E-state index in [9.17, 15) is 18.0 Å². The molecule has 2 amide bonds. The van der Waals surface area contributed by atoms with E-state index >= 15 is 0 Å². The second-order valence-corrected chi connectivity index (χ2v) is 7.00. The van der Waals surface area contributed by atoms with Gasteiger partial charge >= 0.3 is 0 Å². The highest BCUT2D eigenvalue weighted by Gasteiger charge is 2.14. The van der Waals surface area contributed by atoms with Crippen LogP contribution in [-0.2, 0) is 19.6 Å². The first kappa shape index (κ1) is 19.1. The smallest absolute Gasteiger partial charge is 0.240 e. The second kappa shape index (κ2) is 8.64. The molecule has 7 nitrogen and oxygen atoms in total. The summed E-state index contributed by atoms with van der Waals surface area (Å²) in [5.74, 6) is -0.422. The molecule has 0 aliphatic rings. The SMILES string of the molecule is CC[C@H](C)NC(=O)CCNS(=O)(=O)c1ccc(NC(C)=O)cc1. The van der Waals surface area contributed by atoms with Crippen LogP contribution in [0.25, 0.3) is 0 Å². The number of anilines is 1. The van der Waals surface area contributed by atoms with Crippen LogP contribution in [0.5, 0.6) is 0 Å². The molecule has 0 heterocycles. The summed E-state index contributed by atoms with van der Waals surface area (Å²) < 4.78 is 26.6. The molecule has 0 unspecified atom stereocenters. The molecule has 0 radical (unpaired) electrons. The summed E-state index contributed by atoms with van der Waals surface area (Å²) in [6, 6.07) is 5.87. The molecule has 0 spiro atoms. The fraction of sp³-hybridized carbons (Fsp3) is 0.467. The third kappa shape index (κ3) is 6.79. The normalized spacial score (nSPS) is 12.5. The Morgan fingerprint density at radius 3 is 2.30 bits per heavy atom. The van der Waals surface area contributed by atoms with Crippen molar-refractivity contribution in [2.45, 2.75) is 44.6 Å². The second-order valence-electron chi connectivity index (χ2n) is 5.23. The molecule has 1 aromatic carbocycles. The van der Waals surface area contributed by atoms with E-state index in [0.717, 1.165) is 6.42 Å². The Labute approximate surface area is 136 Å². The summed E-state index contributed by atoms with van der Waals surface area (Å²) in [7, 11) is -3.68. The number of carbonyl (C=O) groups excluding carboxylic acids is 2. The number of nitrogens with one attached hydrogen (secondary N) is 3. The molecular formula is C15H23N3O4S. The molecule has 0 aliphatic carbocycles. The van der Waals surface area contributed by atoms with Crippen molar-refractivity contribution < 1.29 is 18.0 Å². The minimum atomic E-state index is -3.68. The number of rotatable bonds is 8. The van der Waals surface area contributed by atoms with E-state index in [-0.39, 0.29) is 35.7 Å². The van der Waals surface area contributed by atoms with Crippen LogP contribution in [0.4, 0.5) is 5.69 Å². The predicted molar refractivity (Wildman–Crippen MR) is 88.4 cm³/mol. The van der Waals surface area contributed by atoms with Gasteiger partial charge in [-0.1, -0.05) is 6.92 Å². The number of carbonyl (C=O) groups is 2. The summed E-state index contributed by atoms with van der Waals surface area (Å²) in [5, 5.41) is 5.33. The van der Waals surface area contributed by atoms with Crippen molar-refractivity contribution in [3.05, 3.63) is 24.3 Å². The molecular weight excluding hydrogens is 318 g/mol. The van der Waals surface area contributed by atoms with E-state index in [2.05, 4.69) is 15.4 Å². The predicted octanol–water partition coefficient (Wildman–Crippen LogP) is 1.23. The van der Waals surface area contributed by atoms with E-state index in [4.69, 9.17) is 0 Å². The minimum absolute atomic E-state index is 0.0258. The lowest BCUT2D eigenvalue weighted by atomic mass is 10.2. The fourth-order valence-corrected chi connectivity index (χ4v) is 2.78. The number of hydrogen-bond donors (Lipinski definition) is 3. The molecule has 0 fully saturated rings. The molecule has 1 aromatic rings. The standard InChI is InChI=1S/C15H23N3O4S/c1-4-11(2)17-15(20)9-10-16-23(21,22)14-7-5-13(6-8-14)18-12(3)19/h5-8,11,16H,4,9-10H2,1-3H3,(H,17,20)(H,18,19)/t11-/m0/s1. The zero-order chi connectivity index (χ0) is 17.5. The fourth-order valence-electron chi connectivity index (χ4n) is 1.75. The lowest BCUT2D eigenvalue weighted by Crippen LogP contribution is -2.35. The minimum Gasteiger partial charge on any atom is -0.354 e. The lowest BCUT2D eigenvalue weighted by molar-refractivity contribution is -0.121. The molecule has 23 heavy (non-hydrogen) atoms. The van der Waals surface area contributed by atoms with Gasteiger partial charge in [-0.3, -0.25) is 9.59 Å². The summed E-state index contributed by atoms with van der Waals surface area (Å²) in [6.07, 6.45) is 0.895. The van der Waals surface area contributed by atoms with Crippen molar-refractivity contribution in [2.75, 3.05) is 11.9 Å². The highest BCUT2D eigenvalue weighted by molar-refractivity contribution is 7.89. The van der Waals surface area contributed by atoms with E-state index in [1.54, 1.807) is 0 Å². The van der Waals surface area contributed by atoms with Crippen LogP contribution in [0, 0.1) is 0 Å². The van der Waals surface area contributed by atoms with Gasteiger partial charge < -0.3 is 10.6 Å². The maximum absolute atomic E-state index is 12.1. The van der Waals surface area contributed by atoms with Crippen molar-refractivity contribution in [2.24, 2.45) is 0 Å². The van der Waals surface area contributed by atoms with Gasteiger partial charge in [-0.2, -0.15) is 0 Å². The van der Waals surface area contributed by atoms with Gasteiger partial charge in [-0.25, -0.2) is 13.1 Å². The van der Waals surface area contributed by atoms with E-state index in [1.807, 2.05) is 13.8 Å². The molecule has 0 bridgehead atoms. The van der Waals surface area contributed by atoms with E-state index < -0.39 is 10.0 Å². The van der Waals surface area contributed by atoms with Crippen molar-refractivity contribution >= 4 is 27.5 Å². The van der Waals surface area contributed by atoms with E-state index in [0.29, 0.717) is 5.69 Å². The summed E-state index contributed by atoms with van der Waals surface area (Å²) >= 11 is 0. The average Bonchev–Trinajstić information content (AvgIpc) is 2.46. The van der Waals surface area contributed by atoms with Crippen LogP contribution >= 0.6 is 0 Å². The first-order valence-corrected chi connectivity index (χ1v) is 8.89. The first-order chi connectivity index (χ1) is 10.7. The van der Waals surface area contributed by atoms with E-state index in [1.165, 1.54) is 31.2 Å². The van der Waals surface area contributed by atoms with Crippen molar-refractivity contribution in [3.63, 3.8) is 0 Å². The Kier molecular flexibility index (Phi) is 7.18. The van der Waals surface area contributed by atoms with Crippen molar-refractivity contribution in [3.8, 4) is 0 Å². The highest BCUT2D eigenvalue weighted by atomic mass is 32.2. The molecule has 8 heteroatoms. The molecule has 0 aromatic heterocycles. The Hall–Kier alpha value is -1.93. The summed E-state index contributed by atoms with van der Waals surface area (Å²) in [6.45, 7) is 5.24. The average molecular weight is 341 g/mol. The molecule has 0 aliphatic heterocycles. The molecule has 0 saturated heterocycles. The van der Waals surface area contributed by atoms with Crippen molar-refractivity contribution in [1.29, 1.82) is 0 Å². The largest absolute Gasteiger partial charge is 0.354 e. The summed E-state index contributed by atoms with van der Waals surface area (Å²) in [5.41, 5.74) is 0.518. The van der Waals surface area contributed by atoms with Gasteiger partial charge in [-0.15, -0.1) is 0 Å². The maximum Gasteiger partial charge on any atom is 0.240 e. The van der Waals surface area contributed by atoms with Crippen molar-refractivity contribution in [1.82, 2.24) is 10.0 Å². The van der Waals surface area contributed by atoms with Gasteiger partial charge in [0.15, 0.2) is 0 Å². The number of amides is 2. The van der Waals surface area contributed by atoms with Crippen LogP contribution in [0.3, 0.4) is 0 Å². The van der Waals surface area contributed by atoms with Crippen LogP contribution < -0.4 is 15.4 Å². The number of hydrogen-bond acceptors (Lipinski definition) is 4. The van der Waals surface area contributed by atoms with Gasteiger partial charge in [0.1, 0.15) is 0 Å². The highest BCUT2D eigenvalue weighted by Crippen LogP contribution is 2.13. The topological polar surface area (TPSA) is 104 Å². The lowest BCUT2D eigenvalue weighted by Gasteiger charge is -2.12. The Balaban J connectivity index is 2.55. The van der Waals surface area contributed by atoms with Crippen LogP contribution in [-0.4, -0.2) is 32.8 Å². The quantitative estimate of drug-likeness (QED) is 0.661. The molecule has 1 atom stereocenters. The monoisotopic (exact) mass is 341 g/mol. The molecule has 3 N–H and O–H groups in total. The number of benzene rings is 1. The molecule has 1 rings (SSSR count). The van der Waals surface area contributed by atoms with Gasteiger partial charge in [0, 0.05) is 31.6 Å². The Morgan fingerprint density at radius 1 is 1.17 bits per heavy atom. The van der Waals surface area contributed by atoms with Gasteiger partial charge in [0.05, 0.1) is 4.90 Å². The zero-order valence-electron chi connectivity index (χ0n) is 13.5. The summed E-state index contributed by atoms with van der Waals surface area (Å²) in [4.78, 5) is 22.6. The van der Waals surface area contributed by atoms with Gasteiger partial charge in [0.2, 0.25) is 21.8 Å². The van der Waals surface area contributed by atoms with Gasteiger partial charge in [-0.05, 0) is 37.6 Å². The third-order valence-electron chi connectivity index (χ3n) is 3.15. The van der Waals surface area contributed by atoms with Crippen LogP contribution in [0.2, 0.25) is 0 Å².